The number of piperazine rings is 1. The van der Waals surface area contributed by atoms with Gasteiger partial charge in [-0.25, -0.2) is 0 Å². The zero-order chi connectivity index (χ0) is 16.1. The Morgan fingerprint density at radius 1 is 1.32 bits per heavy atom. The number of rotatable bonds is 3. The van der Waals surface area contributed by atoms with Crippen LogP contribution in [0.25, 0.3) is 0 Å². The fourth-order valence-corrected chi connectivity index (χ4v) is 2.41. The Hall–Kier alpha value is -1.74. The number of nitriles is 1. The molecule has 5 nitrogen and oxygen atoms in total. The van der Waals surface area contributed by atoms with E-state index in [1.54, 1.807) is 24.4 Å². The van der Waals surface area contributed by atoms with Gasteiger partial charge in [0, 0.05) is 32.4 Å². The van der Waals surface area contributed by atoms with Crippen LogP contribution in [-0.4, -0.2) is 48.9 Å². The lowest BCUT2D eigenvalue weighted by Crippen LogP contribution is -2.42. The summed E-state index contributed by atoms with van der Waals surface area (Å²) in [7, 11) is 2.04. The van der Waals surface area contributed by atoms with E-state index in [0.717, 1.165) is 26.2 Å². The van der Waals surface area contributed by atoms with Gasteiger partial charge in [-0.2, -0.15) is 5.26 Å². The summed E-state index contributed by atoms with van der Waals surface area (Å²) in [4.78, 5) is 16.4. The molecule has 1 fully saturated rings. The Kier molecular flexibility index (Phi) is 5.67. The van der Waals surface area contributed by atoms with E-state index in [4.69, 9.17) is 23.2 Å². The van der Waals surface area contributed by atoms with Gasteiger partial charge in [0.2, 0.25) is 0 Å². The molecule has 1 aromatic rings. The van der Waals surface area contributed by atoms with Gasteiger partial charge in [-0.1, -0.05) is 29.3 Å². The van der Waals surface area contributed by atoms with Gasteiger partial charge in [0.05, 0.1) is 15.7 Å². The maximum atomic E-state index is 12.2. The lowest BCUT2D eigenvalue weighted by atomic mass is 10.2. The first-order valence-corrected chi connectivity index (χ1v) is 7.56. The molecule has 7 heteroatoms. The highest BCUT2D eigenvalue weighted by Gasteiger charge is 2.16. The molecule has 1 aliphatic heterocycles. The van der Waals surface area contributed by atoms with Gasteiger partial charge < -0.3 is 15.1 Å². The fourth-order valence-electron chi connectivity index (χ4n) is 2.06. The number of carbonyl (C=O) groups excluding carboxylic acids is 1. The van der Waals surface area contributed by atoms with E-state index in [1.165, 1.54) is 0 Å². The number of nitrogens with one attached hydrogen (secondary N) is 1. The van der Waals surface area contributed by atoms with E-state index in [0.29, 0.717) is 10.7 Å². The fraction of sp³-hybridized carbons (Fsp3) is 0.333. The minimum absolute atomic E-state index is 0.0422. The van der Waals surface area contributed by atoms with E-state index in [9.17, 15) is 10.1 Å². The molecule has 22 heavy (non-hydrogen) atoms. The molecule has 1 heterocycles. The van der Waals surface area contributed by atoms with E-state index < -0.39 is 5.91 Å². The summed E-state index contributed by atoms with van der Waals surface area (Å²) in [6.45, 7) is 3.37. The van der Waals surface area contributed by atoms with E-state index in [-0.39, 0.29) is 10.6 Å². The molecular formula is C15H16Cl2N4O. The molecule has 0 spiro atoms. The topological polar surface area (TPSA) is 59.4 Å². The van der Waals surface area contributed by atoms with Gasteiger partial charge in [-0.05, 0) is 19.2 Å². The summed E-state index contributed by atoms with van der Waals surface area (Å²) >= 11 is 11.9. The van der Waals surface area contributed by atoms with Crippen molar-refractivity contribution in [3.8, 4) is 6.07 Å². The number of hydrogen-bond acceptors (Lipinski definition) is 4. The second kappa shape index (κ2) is 7.50. The van der Waals surface area contributed by atoms with Crippen LogP contribution in [-0.2, 0) is 4.79 Å². The minimum atomic E-state index is -0.495. The zero-order valence-corrected chi connectivity index (χ0v) is 13.7. The highest BCUT2D eigenvalue weighted by molar-refractivity contribution is 6.44. The second-order valence-electron chi connectivity index (χ2n) is 5.05. The SMILES string of the molecule is CN1CCN(/C=C(/C#N)C(=O)Nc2cccc(Cl)c2Cl)CC1. The van der Waals surface area contributed by atoms with Crippen molar-refractivity contribution in [3.63, 3.8) is 0 Å². The lowest BCUT2D eigenvalue weighted by Gasteiger charge is -2.31. The molecule has 0 aliphatic carbocycles. The summed E-state index contributed by atoms with van der Waals surface area (Å²) in [5.41, 5.74) is 0.430. The van der Waals surface area contributed by atoms with E-state index in [2.05, 4.69) is 10.2 Å². The molecule has 2 rings (SSSR count). The van der Waals surface area contributed by atoms with Crippen molar-refractivity contribution >= 4 is 34.8 Å². The molecule has 1 N–H and O–H groups in total. The summed E-state index contributed by atoms with van der Waals surface area (Å²) in [5, 5.41) is 12.4. The van der Waals surface area contributed by atoms with Crippen LogP contribution in [0.3, 0.4) is 0 Å². The third-order valence-corrected chi connectivity index (χ3v) is 4.23. The van der Waals surface area contributed by atoms with Crippen LogP contribution >= 0.6 is 23.2 Å². The molecule has 0 unspecified atom stereocenters. The van der Waals surface area contributed by atoms with Gasteiger partial charge in [0.1, 0.15) is 11.6 Å². The van der Waals surface area contributed by atoms with Crippen LogP contribution < -0.4 is 5.32 Å². The van der Waals surface area contributed by atoms with Crippen LogP contribution in [0.5, 0.6) is 0 Å². The molecule has 1 aliphatic rings. The highest BCUT2D eigenvalue weighted by atomic mass is 35.5. The number of hydrogen-bond donors (Lipinski definition) is 1. The molecule has 0 saturated carbocycles. The Balaban J connectivity index is 2.09. The average molecular weight is 339 g/mol. The van der Waals surface area contributed by atoms with Gasteiger partial charge in [-0.15, -0.1) is 0 Å². The number of amides is 1. The van der Waals surface area contributed by atoms with Crippen LogP contribution in [0.1, 0.15) is 0 Å². The number of likely N-dealkylation sites (N-methyl/N-ethyl adjacent to an activating group) is 1. The Labute approximate surface area is 139 Å². The van der Waals surface area contributed by atoms with Gasteiger partial charge in [-0.3, -0.25) is 4.79 Å². The van der Waals surface area contributed by atoms with Crippen molar-refractivity contribution in [2.45, 2.75) is 0 Å². The molecule has 0 radical (unpaired) electrons. The monoisotopic (exact) mass is 338 g/mol. The predicted molar refractivity (Wildman–Crippen MR) is 87.9 cm³/mol. The van der Waals surface area contributed by atoms with Gasteiger partial charge in [0.15, 0.2) is 0 Å². The molecule has 116 valence electrons. The second-order valence-corrected chi connectivity index (χ2v) is 5.83. The number of carbonyl (C=O) groups is 1. The Morgan fingerprint density at radius 2 is 2.00 bits per heavy atom. The Bertz CT molecular complexity index is 631. The van der Waals surface area contributed by atoms with Crippen LogP contribution in [0.2, 0.25) is 10.0 Å². The van der Waals surface area contributed by atoms with Gasteiger partial charge >= 0.3 is 0 Å². The maximum absolute atomic E-state index is 12.2. The first-order valence-electron chi connectivity index (χ1n) is 6.81. The van der Waals surface area contributed by atoms with Crippen LogP contribution in [0.4, 0.5) is 5.69 Å². The summed E-state index contributed by atoms with van der Waals surface area (Å²) in [6, 6.07) is 6.88. The minimum Gasteiger partial charge on any atom is -0.374 e. The normalized spacial score (nSPS) is 16.3. The molecule has 0 bridgehead atoms. The number of benzene rings is 1. The average Bonchev–Trinajstić information content (AvgIpc) is 2.51. The number of nitrogens with zero attached hydrogens (tertiary/aromatic N) is 3. The third kappa shape index (κ3) is 4.14. The van der Waals surface area contributed by atoms with Crippen molar-refractivity contribution in [3.05, 3.63) is 40.0 Å². The summed E-state index contributed by atoms with van der Waals surface area (Å²) in [5.74, 6) is -0.495. The van der Waals surface area contributed by atoms with Crippen LogP contribution in [0.15, 0.2) is 30.0 Å². The van der Waals surface area contributed by atoms with Crippen molar-refractivity contribution < 1.29 is 4.79 Å². The quantitative estimate of drug-likeness (QED) is 0.679. The molecule has 1 amide bonds. The van der Waals surface area contributed by atoms with Crippen molar-refractivity contribution in [1.29, 1.82) is 5.26 Å². The lowest BCUT2D eigenvalue weighted by molar-refractivity contribution is -0.112. The molecular weight excluding hydrogens is 323 g/mol. The largest absolute Gasteiger partial charge is 0.374 e. The third-order valence-electron chi connectivity index (χ3n) is 3.41. The smallest absolute Gasteiger partial charge is 0.267 e. The first-order chi connectivity index (χ1) is 10.5. The van der Waals surface area contributed by atoms with Crippen molar-refractivity contribution in [1.82, 2.24) is 9.80 Å². The number of anilines is 1. The molecule has 1 aromatic carbocycles. The Morgan fingerprint density at radius 3 is 2.64 bits per heavy atom. The summed E-state index contributed by atoms with van der Waals surface area (Å²) < 4.78 is 0. The molecule has 1 saturated heterocycles. The zero-order valence-electron chi connectivity index (χ0n) is 12.1. The molecule has 0 aromatic heterocycles. The highest BCUT2D eigenvalue weighted by Crippen LogP contribution is 2.29. The predicted octanol–water partition coefficient (Wildman–Crippen LogP) is 2.59. The van der Waals surface area contributed by atoms with E-state index >= 15 is 0 Å². The maximum Gasteiger partial charge on any atom is 0.267 e. The summed E-state index contributed by atoms with van der Waals surface area (Å²) in [6.07, 6.45) is 1.60. The molecule has 0 atom stereocenters. The first kappa shape index (κ1) is 16.6. The standard InChI is InChI=1S/C15H16Cl2N4O/c1-20-5-7-21(8-6-20)10-11(9-18)15(22)19-13-4-2-3-12(16)14(13)17/h2-4,10H,5-8H2,1H3,(H,19,22)/b11-10-. The van der Waals surface area contributed by atoms with Crippen molar-refractivity contribution in [2.24, 2.45) is 0 Å². The van der Waals surface area contributed by atoms with Crippen LogP contribution in [0, 0.1) is 11.3 Å². The number of halogens is 2. The van der Waals surface area contributed by atoms with Crippen molar-refractivity contribution in [2.75, 3.05) is 38.5 Å². The van der Waals surface area contributed by atoms with Gasteiger partial charge in [0.25, 0.3) is 5.91 Å². The van der Waals surface area contributed by atoms with E-state index in [1.807, 2.05) is 18.0 Å².